The van der Waals surface area contributed by atoms with E-state index in [9.17, 15) is 4.79 Å². The summed E-state index contributed by atoms with van der Waals surface area (Å²) >= 11 is 6.43. The van der Waals surface area contributed by atoms with Crippen LogP contribution in [0, 0.1) is 5.41 Å². The Bertz CT molecular complexity index is 620. The van der Waals surface area contributed by atoms with Crippen molar-refractivity contribution in [3.63, 3.8) is 0 Å². The number of nitrogens with one attached hydrogen (secondary N) is 1. The summed E-state index contributed by atoms with van der Waals surface area (Å²) in [4.78, 5) is 11.9. The fraction of sp³-hybridized carbons (Fsp3) is 0.357. The van der Waals surface area contributed by atoms with Crippen molar-refractivity contribution >= 4 is 50.1 Å². The Morgan fingerprint density at radius 1 is 1.29 bits per heavy atom. The number of anilines is 1. The number of nitrogens with zero attached hydrogens (tertiary/aromatic N) is 2. The van der Waals surface area contributed by atoms with Gasteiger partial charge in [-0.3, -0.25) is 4.79 Å². The van der Waals surface area contributed by atoms with Gasteiger partial charge in [0.25, 0.3) is 0 Å². The molecule has 1 heterocycles. The molecule has 4 nitrogen and oxygen atoms in total. The van der Waals surface area contributed by atoms with E-state index in [0.29, 0.717) is 5.13 Å². The molecule has 0 aliphatic heterocycles. The molecule has 112 valence electrons. The van der Waals surface area contributed by atoms with E-state index in [1.54, 1.807) is 11.8 Å². The highest BCUT2D eigenvalue weighted by Gasteiger charge is 2.22. The van der Waals surface area contributed by atoms with Crippen LogP contribution in [0.4, 0.5) is 5.13 Å². The number of aromatic nitrogens is 2. The fourth-order valence-electron chi connectivity index (χ4n) is 1.33. The van der Waals surface area contributed by atoms with Crippen molar-refractivity contribution in [2.75, 3.05) is 5.32 Å². The van der Waals surface area contributed by atoms with Crippen molar-refractivity contribution in [1.82, 2.24) is 10.2 Å². The molecule has 2 rings (SSSR count). The molecule has 0 radical (unpaired) electrons. The van der Waals surface area contributed by atoms with Crippen LogP contribution in [-0.4, -0.2) is 16.1 Å². The summed E-state index contributed by atoms with van der Waals surface area (Å²) in [6.07, 6.45) is 0. The molecule has 1 amide bonds. The number of rotatable bonds is 4. The van der Waals surface area contributed by atoms with Crippen molar-refractivity contribution in [3.05, 3.63) is 34.3 Å². The molecule has 1 N–H and O–H groups in total. The lowest BCUT2D eigenvalue weighted by molar-refractivity contribution is -0.123. The van der Waals surface area contributed by atoms with Crippen molar-refractivity contribution < 1.29 is 4.79 Å². The molecule has 7 heteroatoms. The zero-order valence-corrected chi connectivity index (χ0v) is 15.2. The largest absolute Gasteiger partial charge is 0.300 e. The van der Waals surface area contributed by atoms with Crippen LogP contribution < -0.4 is 5.32 Å². The third-order valence-electron chi connectivity index (χ3n) is 2.58. The molecule has 0 saturated carbocycles. The van der Waals surface area contributed by atoms with Gasteiger partial charge < -0.3 is 5.32 Å². The summed E-state index contributed by atoms with van der Waals surface area (Å²) in [6.45, 7) is 5.60. The van der Waals surface area contributed by atoms with Gasteiger partial charge >= 0.3 is 0 Å². The van der Waals surface area contributed by atoms with Crippen molar-refractivity contribution in [2.24, 2.45) is 5.41 Å². The van der Waals surface area contributed by atoms with Crippen LogP contribution in [0.25, 0.3) is 0 Å². The maximum atomic E-state index is 11.9. The maximum absolute atomic E-state index is 11.9. The average molecular weight is 386 g/mol. The number of thioether (sulfide) groups is 1. The molecule has 0 aliphatic carbocycles. The average Bonchev–Trinajstić information content (AvgIpc) is 2.85. The molecule has 1 aromatic heterocycles. The molecular formula is C14H16BrN3OS2. The SMILES string of the molecule is CC(C)(C)C(=O)Nc1nnc(SCc2ccc(Br)cc2)s1. The van der Waals surface area contributed by atoms with Gasteiger partial charge in [-0.15, -0.1) is 10.2 Å². The van der Waals surface area contributed by atoms with E-state index in [1.165, 1.54) is 16.9 Å². The number of hydrogen-bond acceptors (Lipinski definition) is 5. The number of hydrogen-bond donors (Lipinski definition) is 1. The van der Waals surface area contributed by atoms with Gasteiger partial charge in [-0.05, 0) is 17.7 Å². The number of amides is 1. The first-order chi connectivity index (χ1) is 9.84. The van der Waals surface area contributed by atoms with Crippen LogP contribution in [0.5, 0.6) is 0 Å². The number of carbonyl (C=O) groups excluding carboxylic acids is 1. The molecule has 0 spiro atoms. The lowest BCUT2D eigenvalue weighted by Gasteiger charge is -2.15. The maximum Gasteiger partial charge on any atom is 0.231 e. The highest BCUT2D eigenvalue weighted by molar-refractivity contribution is 9.10. The van der Waals surface area contributed by atoms with Gasteiger partial charge in [0.1, 0.15) is 0 Å². The Labute approximate surface area is 140 Å². The Morgan fingerprint density at radius 2 is 1.95 bits per heavy atom. The van der Waals surface area contributed by atoms with Crippen LogP contribution in [-0.2, 0) is 10.5 Å². The van der Waals surface area contributed by atoms with E-state index < -0.39 is 5.41 Å². The molecule has 1 aromatic carbocycles. The van der Waals surface area contributed by atoms with Gasteiger partial charge in [-0.2, -0.15) is 0 Å². The molecule has 0 saturated heterocycles. The van der Waals surface area contributed by atoms with E-state index in [2.05, 4.69) is 43.6 Å². The van der Waals surface area contributed by atoms with E-state index in [0.717, 1.165) is 14.6 Å². The number of carbonyl (C=O) groups is 1. The Kier molecular flexibility index (Phi) is 5.40. The normalized spacial score (nSPS) is 11.4. The van der Waals surface area contributed by atoms with Gasteiger partial charge in [-0.1, -0.05) is 71.9 Å². The zero-order chi connectivity index (χ0) is 15.5. The highest BCUT2D eigenvalue weighted by Crippen LogP contribution is 2.29. The van der Waals surface area contributed by atoms with Gasteiger partial charge in [0.05, 0.1) is 0 Å². The lowest BCUT2D eigenvalue weighted by Crippen LogP contribution is -2.27. The number of halogens is 1. The summed E-state index contributed by atoms with van der Waals surface area (Å²) in [5.41, 5.74) is 0.787. The van der Waals surface area contributed by atoms with E-state index in [-0.39, 0.29) is 5.91 Å². The predicted molar refractivity (Wildman–Crippen MR) is 91.7 cm³/mol. The van der Waals surface area contributed by atoms with Gasteiger partial charge in [-0.25, -0.2) is 0 Å². The minimum atomic E-state index is -0.434. The summed E-state index contributed by atoms with van der Waals surface area (Å²) in [6, 6.07) is 8.18. The zero-order valence-electron chi connectivity index (χ0n) is 12.0. The molecule has 2 aromatic rings. The molecule has 0 bridgehead atoms. The Morgan fingerprint density at radius 3 is 2.57 bits per heavy atom. The number of benzene rings is 1. The summed E-state index contributed by atoms with van der Waals surface area (Å²) < 4.78 is 1.92. The molecule has 21 heavy (non-hydrogen) atoms. The van der Waals surface area contributed by atoms with Gasteiger partial charge in [0.2, 0.25) is 11.0 Å². The van der Waals surface area contributed by atoms with E-state index in [1.807, 2.05) is 32.9 Å². The topological polar surface area (TPSA) is 54.9 Å². The Hall–Kier alpha value is -0.920. The molecule has 0 atom stereocenters. The van der Waals surface area contributed by atoms with Crippen molar-refractivity contribution in [2.45, 2.75) is 30.9 Å². The van der Waals surface area contributed by atoms with Gasteiger partial charge in [0.15, 0.2) is 4.34 Å². The van der Waals surface area contributed by atoms with Crippen LogP contribution >= 0.6 is 39.0 Å². The summed E-state index contributed by atoms with van der Waals surface area (Å²) in [5.74, 6) is 0.776. The first kappa shape index (κ1) is 16.5. The van der Waals surface area contributed by atoms with E-state index in [4.69, 9.17) is 0 Å². The third-order valence-corrected chi connectivity index (χ3v) is 5.16. The summed E-state index contributed by atoms with van der Waals surface area (Å²) in [5, 5.41) is 11.4. The minimum absolute atomic E-state index is 0.0527. The minimum Gasteiger partial charge on any atom is -0.300 e. The van der Waals surface area contributed by atoms with E-state index >= 15 is 0 Å². The second-order valence-corrected chi connectivity index (χ2v) is 8.61. The smallest absolute Gasteiger partial charge is 0.231 e. The van der Waals surface area contributed by atoms with Crippen LogP contribution in [0.15, 0.2) is 33.1 Å². The van der Waals surface area contributed by atoms with Crippen molar-refractivity contribution in [1.29, 1.82) is 0 Å². The Balaban J connectivity index is 1.91. The first-order valence-electron chi connectivity index (χ1n) is 6.37. The first-order valence-corrected chi connectivity index (χ1v) is 8.96. The predicted octanol–water partition coefficient (Wildman–Crippen LogP) is 4.58. The quantitative estimate of drug-likeness (QED) is 0.618. The fourth-order valence-corrected chi connectivity index (χ4v) is 3.30. The molecule has 0 unspecified atom stereocenters. The second-order valence-electron chi connectivity index (χ2n) is 5.49. The monoisotopic (exact) mass is 385 g/mol. The van der Waals surface area contributed by atoms with Crippen LogP contribution in [0.3, 0.4) is 0 Å². The second kappa shape index (κ2) is 6.89. The third kappa shape index (κ3) is 5.09. The molecule has 0 fully saturated rings. The van der Waals surface area contributed by atoms with Crippen LogP contribution in [0.2, 0.25) is 0 Å². The highest BCUT2D eigenvalue weighted by atomic mass is 79.9. The van der Waals surface area contributed by atoms with Crippen molar-refractivity contribution in [3.8, 4) is 0 Å². The summed E-state index contributed by atoms with van der Waals surface area (Å²) in [7, 11) is 0. The lowest BCUT2D eigenvalue weighted by atomic mass is 9.96. The van der Waals surface area contributed by atoms with Gasteiger partial charge in [0, 0.05) is 15.6 Å². The molecule has 0 aliphatic rings. The molecular weight excluding hydrogens is 370 g/mol. The van der Waals surface area contributed by atoms with Crippen LogP contribution in [0.1, 0.15) is 26.3 Å². The standard InChI is InChI=1S/C14H16BrN3OS2/c1-14(2,3)11(19)16-12-17-18-13(21-12)20-8-9-4-6-10(15)7-5-9/h4-7H,8H2,1-3H3,(H,16,17,19).